The van der Waals surface area contributed by atoms with Gasteiger partial charge in [-0.1, -0.05) is 17.4 Å². The summed E-state index contributed by atoms with van der Waals surface area (Å²) in [6, 6.07) is 10.8. The molecule has 0 atom stereocenters. The summed E-state index contributed by atoms with van der Waals surface area (Å²) in [5, 5.41) is 0. The molecule has 7 heteroatoms. The fourth-order valence-corrected chi connectivity index (χ4v) is 3.66. The lowest BCUT2D eigenvalue weighted by Crippen LogP contribution is -2.13. The number of aryl methyl sites for hydroxylation is 1. The maximum absolute atomic E-state index is 12.5. The summed E-state index contributed by atoms with van der Waals surface area (Å²) in [4.78, 5) is 17.4. The number of ether oxygens (including phenoxy) is 3. The van der Waals surface area contributed by atoms with Gasteiger partial charge < -0.3 is 18.8 Å². The Balaban J connectivity index is 1.79. The summed E-state index contributed by atoms with van der Waals surface area (Å²) in [7, 11) is 3.49. The number of carbonyl (C=O) groups excluding carboxylic acids is 1. The molecule has 122 valence electrons. The number of rotatable bonds is 2. The van der Waals surface area contributed by atoms with Gasteiger partial charge in [0.1, 0.15) is 11.3 Å². The molecule has 2 aromatic carbocycles. The standard InChI is InChI=1S/C17H14N2O4S/c1-19-15-12(21-2)4-3-5-14(15)24-17(19)18-16(20)10-6-7-11-13(8-10)23-9-22-11/h3-8H,9H2,1-2H3. The van der Waals surface area contributed by atoms with E-state index in [4.69, 9.17) is 14.2 Å². The Hall–Kier alpha value is -2.80. The van der Waals surface area contributed by atoms with Crippen LogP contribution in [0.4, 0.5) is 0 Å². The number of benzene rings is 2. The number of nitrogens with zero attached hydrogens (tertiary/aromatic N) is 2. The van der Waals surface area contributed by atoms with E-state index in [2.05, 4.69) is 4.99 Å². The van der Waals surface area contributed by atoms with E-state index < -0.39 is 0 Å². The highest BCUT2D eigenvalue weighted by Gasteiger charge is 2.16. The minimum absolute atomic E-state index is 0.176. The van der Waals surface area contributed by atoms with Gasteiger partial charge in [-0.25, -0.2) is 0 Å². The van der Waals surface area contributed by atoms with Crippen LogP contribution in [-0.4, -0.2) is 24.4 Å². The maximum Gasteiger partial charge on any atom is 0.279 e. The van der Waals surface area contributed by atoms with Crippen molar-refractivity contribution < 1.29 is 19.0 Å². The molecule has 1 amide bonds. The lowest BCUT2D eigenvalue weighted by atomic mass is 10.2. The number of amides is 1. The smallest absolute Gasteiger partial charge is 0.279 e. The molecule has 24 heavy (non-hydrogen) atoms. The average Bonchev–Trinajstić information content (AvgIpc) is 3.19. The molecular formula is C17H14N2O4S. The molecule has 0 saturated carbocycles. The lowest BCUT2D eigenvalue weighted by Gasteiger charge is -2.03. The van der Waals surface area contributed by atoms with Gasteiger partial charge in [-0.2, -0.15) is 4.99 Å². The summed E-state index contributed by atoms with van der Waals surface area (Å²) in [6.07, 6.45) is 0. The SMILES string of the molecule is COc1cccc2sc(=NC(=O)c3ccc4c(c3)OCO4)n(C)c12. The molecule has 0 aliphatic carbocycles. The molecule has 3 aromatic rings. The fourth-order valence-electron chi connectivity index (χ4n) is 2.62. The molecule has 4 rings (SSSR count). The Morgan fingerprint density at radius 2 is 2.08 bits per heavy atom. The normalized spacial score (nSPS) is 13.5. The van der Waals surface area contributed by atoms with Crippen molar-refractivity contribution in [1.29, 1.82) is 0 Å². The van der Waals surface area contributed by atoms with Gasteiger partial charge in [-0.05, 0) is 30.3 Å². The zero-order valence-electron chi connectivity index (χ0n) is 13.1. The van der Waals surface area contributed by atoms with Gasteiger partial charge in [0.05, 0.1) is 11.8 Å². The third-order valence-electron chi connectivity index (χ3n) is 3.82. The molecule has 0 bridgehead atoms. The molecule has 0 N–H and O–H groups in total. The van der Waals surface area contributed by atoms with Gasteiger partial charge in [-0.3, -0.25) is 4.79 Å². The zero-order valence-corrected chi connectivity index (χ0v) is 13.9. The number of hydrogen-bond acceptors (Lipinski definition) is 5. The number of fused-ring (bicyclic) bond motifs is 2. The van der Waals surface area contributed by atoms with Gasteiger partial charge in [-0.15, -0.1) is 0 Å². The van der Waals surface area contributed by atoms with E-state index in [1.165, 1.54) is 11.3 Å². The highest BCUT2D eigenvalue weighted by atomic mass is 32.1. The maximum atomic E-state index is 12.5. The van der Waals surface area contributed by atoms with Gasteiger partial charge in [0.2, 0.25) is 6.79 Å². The first-order valence-corrected chi connectivity index (χ1v) is 8.10. The second-order valence-electron chi connectivity index (χ2n) is 5.24. The fraction of sp³-hybridized carbons (Fsp3) is 0.176. The van der Waals surface area contributed by atoms with Crippen molar-refractivity contribution in [3.05, 3.63) is 46.8 Å². The molecular weight excluding hydrogens is 328 g/mol. The molecule has 1 aromatic heterocycles. The van der Waals surface area contributed by atoms with Crippen LogP contribution >= 0.6 is 11.3 Å². The first-order valence-electron chi connectivity index (χ1n) is 7.28. The highest BCUT2D eigenvalue weighted by Crippen LogP contribution is 2.32. The zero-order chi connectivity index (χ0) is 16.7. The second-order valence-corrected chi connectivity index (χ2v) is 6.24. The van der Waals surface area contributed by atoms with E-state index in [1.54, 1.807) is 25.3 Å². The number of carbonyl (C=O) groups is 1. The molecule has 0 saturated heterocycles. The summed E-state index contributed by atoms with van der Waals surface area (Å²) in [5.74, 6) is 1.64. The quantitative estimate of drug-likeness (QED) is 0.718. The number of thiazole rings is 1. The van der Waals surface area contributed by atoms with Crippen LogP contribution in [0.1, 0.15) is 10.4 Å². The monoisotopic (exact) mass is 342 g/mol. The van der Waals surface area contributed by atoms with Crippen molar-refractivity contribution >= 4 is 27.5 Å². The molecule has 0 unspecified atom stereocenters. The highest BCUT2D eigenvalue weighted by molar-refractivity contribution is 7.16. The van der Waals surface area contributed by atoms with E-state index >= 15 is 0 Å². The Bertz CT molecular complexity index is 1020. The lowest BCUT2D eigenvalue weighted by molar-refractivity contribution is 0.0997. The van der Waals surface area contributed by atoms with Crippen LogP contribution < -0.4 is 19.0 Å². The van der Waals surface area contributed by atoms with Crippen LogP contribution in [0.3, 0.4) is 0 Å². The van der Waals surface area contributed by atoms with Crippen LogP contribution in [0.5, 0.6) is 17.2 Å². The molecule has 0 spiro atoms. The first kappa shape index (κ1) is 14.8. The van der Waals surface area contributed by atoms with E-state index in [1.807, 2.05) is 29.8 Å². The number of hydrogen-bond donors (Lipinski definition) is 0. The molecule has 2 heterocycles. The van der Waals surface area contributed by atoms with Crippen molar-refractivity contribution in [3.8, 4) is 17.2 Å². The van der Waals surface area contributed by atoms with E-state index in [0.29, 0.717) is 21.9 Å². The van der Waals surface area contributed by atoms with Crippen molar-refractivity contribution in [3.63, 3.8) is 0 Å². The largest absolute Gasteiger partial charge is 0.495 e. The Kier molecular flexibility index (Phi) is 3.50. The molecule has 1 aliphatic rings. The topological polar surface area (TPSA) is 62.1 Å². The van der Waals surface area contributed by atoms with Gasteiger partial charge in [0, 0.05) is 12.6 Å². The van der Waals surface area contributed by atoms with Gasteiger partial charge >= 0.3 is 0 Å². The van der Waals surface area contributed by atoms with Gasteiger partial charge in [0.25, 0.3) is 5.91 Å². The van der Waals surface area contributed by atoms with Crippen molar-refractivity contribution in [2.45, 2.75) is 0 Å². The molecule has 0 radical (unpaired) electrons. The summed E-state index contributed by atoms with van der Waals surface area (Å²) in [6.45, 7) is 0.176. The second kappa shape index (κ2) is 5.68. The van der Waals surface area contributed by atoms with E-state index in [0.717, 1.165) is 16.0 Å². The van der Waals surface area contributed by atoms with E-state index in [9.17, 15) is 4.79 Å². The van der Waals surface area contributed by atoms with Gasteiger partial charge in [0.15, 0.2) is 16.3 Å². The Morgan fingerprint density at radius 1 is 1.25 bits per heavy atom. The summed E-state index contributed by atoms with van der Waals surface area (Å²) < 4.78 is 18.8. The average molecular weight is 342 g/mol. The third kappa shape index (κ3) is 2.33. The van der Waals surface area contributed by atoms with Crippen LogP contribution in [-0.2, 0) is 7.05 Å². The Morgan fingerprint density at radius 3 is 2.92 bits per heavy atom. The summed E-state index contributed by atoms with van der Waals surface area (Å²) in [5.41, 5.74) is 1.38. The predicted molar refractivity (Wildman–Crippen MR) is 89.8 cm³/mol. The third-order valence-corrected chi connectivity index (χ3v) is 4.92. The Labute approximate surface area is 141 Å². The molecule has 6 nitrogen and oxygen atoms in total. The summed E-state index contributed by atoms with van der Waals surface area (Å²) >= 11 is 1.44. The predicted octanol–water partition coefficient (Wildman–Crippen LogP) is 2.72. The van der Waals surface area contributed by atoms with Crippen molar-refractivity contribution in [2.24, 2.45) is 12.0 Å². The van der Waals surface area contributed by atoms with Crippen molar-refractivity contribution in [1.82, 2.24) is 4.57 Å². The van der Waals surface area contributed by atoms with Crippen LogP contribution in [0.25, 0.3) is 10.2 Å². The van der Waals surface area contributed by atoms with Crippen LogP contribution in [0, 0.1) is 0 Å². The minimum Gasteiger partial charge on any atom is -0.495 e. The first-order chi connectivity index (χ1) is 11.7. The molecule has 0 fully saturated rings. The van der Waals surface area contributed by atoms with Crippen molar-refractivity contribution in [2.75, 3.05) is 13.9 Å². The van der Waals surface area contributed by atoms with Crippen LogP contribution in [0.15, 0.2) is 41.4 Å². The number of aromatic nitrogens is 1. The minimum atomic E-state index is -0.325. The van der Waals surface area contributed by atoms with Crippen LogP contribution in [0.2, 0.25) is 0 Å². The molecule has 1 aliphatic heterocycles. The number of para-hydroxylation sites is 1. The van der Waals surface area contributed by atoms with E-state index in [-0.39, 0.29) is 12.7 Å². The number of methoxy groups -OCH3 is 1.